The fourth-order valence-corrected chi connectivity index (χ4v) is 2.06. The maximum absolute atomic E-state index is 13.2. The van der Waals surface area contributed by atoms with Crippen LogP contribution in [0.4, 0.5) is 4.39 Å². The molecule has 0 spiro atoms. The molecule has 0 saturated carbocycles. The minimum absolute atomic E-state index is 0.0809. The molecule has 1 aromatic heterocycles. The SMILES string of the molecule is CCc1cc(CC(=O)c2cc(F)ccc2C)n(C)n1. The van der Waals surface area contributed by atoms with Gasteiger partial charge in [-0.05, 0) is 37.1 Å². The van der Waals surface area contributed by atoms with Crippen molar-refractivity contribution < 1.29 is 9.18 Å². The van der Waals surface area contributed by atoms with E-state index in [9.17, 15) is 9.18 Å². The van der Waals surface area contributed by atoms with Crippen LogP contribution in [0.3, 0.4) is 0 Å². The molecule has 19 heavy (non-hydrogen) atoms. The van der Waals surface area contributed by atoms with E-state index < -0.39 is 0 Å². The topological polar surface area (TPSA) is 34.9 Å². The number of carbonyl (C=O) groups excluding carboxylic acids is 1. The van der Waals surface area contributed by atoms with Gasteiger partial charge in [-0.2, -0.15) is 5.10 Å². The van der Waals surface area contributed by atoms with Gasteiger partial charge in [0, 0.05) is 18.3 Å². The van der Waals surface area contributed by atoms with Crippen LogP contribution in [-0.4, -0.2) is 15.6 Å². The number of hydrogen-bond donors (Lipinski definition) is 0. The van der Waals surface area contributed by atoms with Gasteiger partial charge in [0.25, 0.3) is 0 Å². The van der Waals surface area contributed by atoms with Crippen LogP contribution in [0.1, 0.15) is 34.2 Å². The van der Waals surface area contributed by atoms with Crippen molar-refractivity contribution in [3.8, 4) is 0 Å². The van der Waals surface area contributed by atoms with Crippen LogP contribution in [0.25, 0.3) is 0 Å². The molecule has 0 unspecified atom stereocenters. The molecular formula is C15H17FN2O. The molecule has 0 aliphatic carbocycles. The zero-order chi connectivity index (χ0) is 14.0. The zero-order valence-electron chi connectivity index (χ0n) is 11.4. The molecule has 0 bridgehead atoms. The van der Waals surface area contributed by atoms with E-state index in [1.165, 1.54) is 12.1 Å². The number of aromatic nitrogens is 2. The molecule has 0 N–H and O–H groups in total. The van der Waals surface area contributed by atoms with Crippen molar-refractivity contribution in [1.29, 1.82) is 0 Å². The van der Waals surface area contributed by atoms with Gasteiger partial charge < -0.3 is 0 Å². The monoisotopic (exact) mass is 260 g/mol. The number of ketones is 1. The van der Waals surface area contributed by atoms with Crippen molar-refractivity contribution >= 4 is 5.78 Å². The first-order valence-corrected chi connectivity index (χ1v) is 6.32. The molecule has 0 amide bonds. The molecule has 3 nitrogen and oxygen atoms in total. The number of nitrogens with zero attached hydrogens (tertiary/aromatic N) is 2. The number of hydrogen-bond acceptors (Lipinski definition) is 2. The molecule has 0 atom stereocenters. The van der Waals surface area contributed by atoms with Gasteiger partial charge in [0.15, 0.2) is 5.78 Å². The Labute approximate surface area is 112 Å². The highest BCUT2D eigenvalue weighted by Crippen LogP contribution is 2.14. The highest BCUT2D eigenvalue weighted by molar-refractivity contribution is 5.98. The summed E-state index contributed by atoms with van der Waals surface area (Å²) in [5.74, 6) is -0.462. The predicted octanol–water partition coefficient (Wildman–Crippen LogP) is 2.86. The summed E-state index contributed by atoms with van der Waals surface area (Å²) in [6, 6.07) is 6.22. The molecule has 1 heterocycles. The van der Waals surface area contributed by atoms with E-state index in [0.717, 1.165) is 23.4 Å². The van der Waals surface area contributed by atoms with Crippen molar-refractivity contribution in [1.82, 2.24) is 9.78 Å². The summed E-state index contributed by atoms with van der Waals surface area (Å²) in [4.78, 5) is 12.2. The summed E-state index contributed by atoms with van der Waals surface area (Å²) in [7, 11) is 1.82. The number of carbonyl (C=O) groups is 1. The summed E-state index contributed by atoms with van der Waals surface area (Å²) in [5, 5.41) is 4.31. The van der Waals surface area contributed by atoms with E-state index >= 15 is 0 Å². The third-order valence-electron chi connectivity index (χ3n) is 3.23. The molecule has 100 valence electrons. The van der Waals surface area contributed by atoms with Crippen molar-refractivity contribution in [2.45, 2.75) is 26.7 Å². The number of rotatable bonds is 4. The Morgan fingerprint density at radius 3 is 2.74 bits per heavy atom. The third-order valence-corrected chi connectivity index (χ3v) is 3.23. The number of benzene rings is 1. The Balaban J connectivity index is 2.25. The van der Waals surface area contributed by atoms with Gasteiger partial charge in [-0.3, -0.25) is 9.48 Å². The van der Waals surface area contributed by atoms with Gasteiger partial charge in [0.05, 0.1) is 12.1 Å². The maximum atomic E-state index is 13.2. The van der Waals surface area contributed by atoms with Gasteiger partial charge >= 0.3 is 0 Å². The highest BCUT2D eigenvalue weighted by Gasteiger charge is 2.14. The van der Waals surface area contributed by atoms with Crippen LogP contribution in [0.15, 0.2) is 24.3 Å². The molecule has 0 aliphatic heterocycles. The van der Waals surface area contributed by atoms with E-state index in [1.54, 1.807) is 10.7 Å². The lowest BCUT2D eigenvalue weighted by Crippen LogP contribution is -2.09. The first-order chi connectivity index (χ1) is 9.01. The van der Waals surface area contributed by atoms with Crippen LogP contribution >= 0.6 is 0 Å². The summed E-state index contributed by atoms with van der Waals surface area (Å²) in [6.45, 7) is 3.83. The number of aryl methyl sites for hydroxylation is 3. The second-order valence-corrected chi connectivity index (χ2v) is 4.66. The van der Waals surface area contributed by atoms with Crippen LogP contribution in [0, 0.1) is 12.7 Å². The quantitative estimate of drug-likeness (QED) is 0.792. The smallest absolute Gasteiger partial charge is 0.169 e. The minimum atomic E-state index is -0.381. The van der Waals surface area contributed by atoms with E-state index in [-0.39, 0.29) is 18.0 Å². The van der Waals surface area contributed by atoms with Crippen molar-refractivity contribution in [2.24, 2.45) is 7.05 Å². The predicted molar refractivity (Wildman–Crippen MR) is 71.8 cm³/mol. The third kappa shape index (κ3) is 2.89. The standard InChI is InChI=1S/C15H17FN2O/c1-4-12-8-13(18(3)17-12)9-15(19)14-7-11(16)6-5-10(14)2/h5-8H,4,9H2,1-3H3. The van der Waals surface area contributed by atoms with Gasteiger partial charge in [0.2, 0.25) is 0 Å². The summed E-state index contributed by atoms with van der Waals surface area (Å²) in [5.41, 5.74) is 3.05. The Morgan fingerprint density at radius 1 is 1.37 bits per heavy atom. The second-order valence-electron chi connectivity index (χ2n) is 4.66. The van der Waals surface area contributed by atoms with Crippen molar-refractivity contribution in [2.75, 3.05) is 0 Å². The Morgan fingerprint density at radius 2 is 2.11 bits per heavy atom. The van der Waals surface area contributed by atoms with E-state index in [1.807, 2.05) is 27.0 Å². The summed E-state index contributed by atoms with van der Waals surface area (Å²) in [6.07, 6.45) is 1.08. The average molecular weight is 260 g/mol. The molecule has 1 aromatic carbocycles. The average Bonchev–Trinajstić information content (AvgIpc) is 2.73. The minimum Gasteiger partial charge on any atom is -0.294 e. The first kappa shape index (κ1) is 13.5. The van der Waals surface area contributed by atoms with E-state index in [2.05, 4.69) is 5.10 Å². The van der Waals surface area contributed by atoms with Crippen LogP contribution in [-0.2, 0) is 19.9 Å². The fraction of sp³-hybridized carbons (Fsp3) is 0.333. The second kappa shape index (κ2) is 5.34. The molecule has 0 saturated heterocycles. The first-order valence-electron chi connectivity index (χ1n) is 6.32. The summed E-state index contributed by atoms with van der Waals surface area (Å²) < 4.78 is 14.9. The maximum Gasteiger partial charge on any atom is 0.169 e. The fourth-order valence-electron chi connectivity index (χ4n) is 2.06. The lowest BCUT2D eigenvalue weighted by Gasteiger charge is -2.05. The number of halogens is 1. The Kier molecular flexibility index (Phi) is 3.79. The van der Waals surface area contributed by atoms with Gasteiger partial charge in [-0.1, -0.05) is 13.0 Å². The molecule has 2 aromatic rings. The van der Waals surface area contributed by atoms with Gasteiger partial charge in [-0.15, -0.1) is 0 Å². The largest absolute Gasteiger partial charge is 0.294 e. The van der Waals surface area contributed by atoms with Crippen LogP contribution < -0.4 is 0 Å². The zero-order valence-corrected chi connectivity index (χ0v) is 11.4. The Hall–Kier alpha value is -1.97. The molecular weight excluding hydrogens is 243 g/mol. The molecule has 4 heteroatoms. The van der Waals surface area contributed by atoms with E-state index in [0.29, 0.717) is 5.56 Å². The molecule has 0 aliphatic rings. The van der Waals surface area contributed by atoms with E-state index in [4.69, 9.17) is 0 Å². The van der Waals surface area contributed by atoms with Crippen molar-refractivity contribution in [3.05, 3.63) is 52.6 Å². The van der Waals surface area contributed by atoms with Gasteiger partial charge in [-0.25, -0.2) is 4.39 Å². The lowest BCUT2D eigenvalue weighted by atomic mass is 10.0. The number of Topliss-reactive ketones (excluding diaryl/α,β-unsaturated/α-hetero) is 1. The van der Waals surface area contributed by atoms with Crippen LogP contribution in [0.5, 0.6) is 0 Å². The lowest BCUT2D eigenvalue weighted by molar-refractivity contribution is 0.0989. The summed E-state index contributed by atoms with van der Waals surface area (Å²) >= 11 is 0. The molecule has 0 radical (unpaired) electrons. The van der Waals surface area contributed by atoms with Crippen LogP contribution in [0.2, 0.25) is 0 Å². The highest BCUT2D eigenvalue weighted by atomic mass is 19.1. The molecule has 2 rings (SSSR count). The Bertz CT molecular complexity index is 617. The normalized spacial score (nSPS) is 10.7. The van der Waals surface area contributed by atoms with Gasteiger partial charge in [0.1, 0.15) is 5.82 Å². The molecule has 0 fully saturated rings. The van der Waals surface area contributed by atoms with Crippen molar-refractivity contribution in [3.63, 3.8) is 0 Å².